The molecule has 0 saturated carbocycles. The molecule has 0 aliphatic carbocycles. The molecule has 6 aromatic rings. The van der Waals surface area contributed by atoms with E-state index < -0.39 is 78.1 Å². The van der Waals surface area contributed by atoms with Crippen LogP contribution in [-0.2, 0) is 113 Å². The van der Waals surface area contributed by atoms with Crippen LogP contribution in [0.3, 0.4) is 0 Å². The number of nitrogens with zero attached hydrogens (tertiary/aromatic N) is 10. The predicted octanol–water partition coefficient (Wildman–Crippen LogP) is 12.6. The quantitative estimate of drug-likeness (QED) is 0.0487. The van der Waals surface area contributed by atoms with E-state index >= 15 is 0 Å². The summed E-state index contributed by atoms with van der Waals surface area (Å²) in [6.07, 6.45) is -0.309. The van der Waals surface area contributed by atoms with E-state index in [4.69, 9.17) is 14.6 Å². The number of carboxylic acid groups (broad SMARTS) is 1. The Hall–Kier alpha value is -5.76. The lowest BCUT2D eigenvalue weighted by Crippen LogP contribution is -2.43. The van der Waals surface area contributed by atoms with Crippen LogP contribution in [0.2, 0.25) is 0 Å². The number of carbonyl (C=O) groups excluding carboxylic acids is 7. The average molecular weight is 1780 g/mol. The van der Waals surface area contributed by atoms with Gasteiger partial charge in [0.2, 0.25) is 5.91 Å². The minimum Gasteiger partial charge on any atom is -0.480 e. The zero-order valence-corrected chi connectivity index (χ0v) is 68.1. The lowest BCUT2D eigenvalue weighted by Gasteiger charge is -2.27. The number of pyridine rings is 3. The van der Waals surface area contributed by atoms with Crippen molar-refractivity contribution in [1.29, 1.82) is 0 Å². The van der Waals surface area contributed by atoms with Crippen molar-refractivity contribution in [2.45, 2.75) is 194 Å². The first-order valence-electron chi connectivity index (χ1n) is 31.7. The van der Waals surface area contributed by atoms with Gasteiger partial charge in [-0.3, -0.25) is 38.5 Å². The number of alkyl halides is 4. The number of halogens is 8. The number of fused-ring (bicyclic) bond motifs is 1. The summed E-state index contributed by atoms with van der Waals surface area (Å²) >= 11 is 25.5. The summed E-state index contributed by atoms with van der Waals surface area (Å²) in [4.78, 5) is 122. The number of ketones is 4. The molecule has 8 atom stereocenters. The van der Waals surface area contributed by atoms with Crippen molar-refractivity contribution in [2.75, 3.05) is 26.2 Å². The topological polar surface area (TPSA) is 279 Å². The summed E-state index contributed by atoms with van der Waals surface area (Å²) in [5, 5.41) is 16.7. The third kappa shape index (κ3) is 30.5. The molecule has 0 bridgehead atoms. The summed E-state index contributed by atoms with van der Waals surface area (Å²) in [5.41, 5.74) is 3.40. The van der Waals surface area contributed by atoms with E-state index in [0.717, 1.165) is 46.6 Å². The van der Waals surface area contributed by atoms with Crippen molar-refractivity contribution >= 4 is 185 Å². The Morgan fingerprint density at radius 1 is 0.615 bits per heavy atom. The molecular formula is C68H85Br3ClF4N11O11S6. The molecule has 3 amide bonds. The second kappa shape index (κ2) is 45.1. The number of amides is 3. The number of aryl methyl sites for hydroxylation is 4. The number of aliphatic carboxylic acids is 1. The normalized spacial score (nSPS) is 19.2. The molecule has 0 spiro atoms. The van der Waals surface area contributed by atoms with Crippen LogP contribution in [0.4, 0.5) is 27.2 Å². The predicted molar refractivity (Wildman–Crippen MR) is 419 cm³/mol. The van der Waals surface area contributed by atoms with Gasteiger partial charge in [-0.2, -0.15) is 18.6 Å². The van der Waals surface area contributed by atoms with Crippen LogP contribution in [0.5, 0.6) is 0 Å². The van der Waals surface area contributed by atoms with Crippen molar-refractivity contribution < 1.29 is 70.5 Å². The third-order valence-corrected chi connectivity index (χ3v) is 16.8. The molecule has 1 aromatic carbocycles. The van der Waals surface area contributed by atoms with Crippen LogP contribution in [0.1, 0.15) is 134 Å². The number of carboxylic acids is 1. The maximum atomic E-state index is 14.5. The first-order valence-corrected chi connectivity index (χ1v) is 38.1. The highest BCUT2D eigenvalue weighted by molar-refractivity contribution is 9.11. The molecule has 4 saturated heterocycles. The van der Waals surface area contributed by atoms with E-state index in [1.807, 2.05) is 54.6 Å². The molecule has 36 heteroatoms. The molecule has 4 aliphatic heterocycles. The first kappa shape index (κ1) is 94.3. The molecule has 5 aromatic heterocycles. The van der Waals surface area contributed by atoms with E-state index in [0.29, 0.717) is 64.6 Å². The Labute approximate surface area is 663 Å². The van der Waals surface area contributed by atoms with Gasteiger partial charge in [0.25, 0.3) is 0 Å². The van der Waals surface area contributed by atoms with Gasteiger partial charge in [0.1, 0.15) is 79.6 Å². The van der Waals surface area contributed by atoms with Gasteiger partial charge >= 0.3 is 18.2 Å². The van der Waals surface area contributed by atoms with Gasteiger partial charge in [-0.1, -0.05) is 31.7 Å². The van der Waals surface area contributed by atoms with Crippen molar-refractivity contribution in [2.24, 2.45) is 0 Å². The van der Waals surface area contributed by atoms with Crippen LogP contribution >= 0.6 is 73.7 Å². The molecule has 570 valence electrons. The van der Waals surface area contributed by atoms with Gasteiger partial charge < -0.3 is 24.8 Å². The highest BCUT2D eigenvalue weighted by Crippen LogP contribution is 2.30. The minimum atomic E-state index is -1.30. The lowest BCUT2D eigenvalue weighted by atomic mass is 10.0. The Morgan fingerprint density at radius 2 is 1.02 bits per heavy atom. The van der Waals surface area contributed by atoms with Crippen molar-refractivity contribution in [3.63, 3.8) is 0 Å². The number of aromatic nitrogens is 7. The lowest BCUT2D eigenvalue weighted by molar-refractivity contribution is -0.142. The van der Waals surface area contributed by atoms with Crippen molar-refractivity contribution in [3.05, 3.63) is 128 Å². The largest absolute Gasteiger partial charge is 0.480 e. The fourth-order valence-electron chi connectivity index (χ4n) is 11.0. The van der Waals surface area contributed by atoms with Gasteiger partial charge in [0.05, 0.1) is 43.3 Å². The van der Waals surface area contributed by atoms with Crippen LogP contribution in [0.15, 0.2) is 99.0 Å². The molecular weight excluding hydrogens is 1690 g/mol. The average Bonchev–Trinajstić information content (AvgIpc) is 1.62. The van der Waals surface area contributed by atoms with Crippen LogP contribution in [0, 0.1) is 6.92 Å². The van der Waals surface area contributed by atoms with E-state index in [-0.39, 0.29) is 126 Å². The first-order chi connectivity index (χ1) is 47.6. The monoisotopic (exact) mass is 1770 g/mol. The van der Waals surface area contributed by atoms with Gasteiger partial charge in [0.15, 0.2) is 17.3 Å². The van der Waals surface area contributed by atoms with Crippen LogP contribution < -0.4 is 5.32 Å². The smallest absolute Gasteiger partial charge is 0.411 e. The van der Waals surface area contributed by atoms with Gasteiger partial charge in [0, 0.05) is 152 Å². The Bertz CT molecular complexity index is 3930. The highest BCUT2D eigenvalue weighted by Gasteiger charge is 2.44. The molecule has 22 nitrogen and oxygen atoms in total. The zero-order valence-electron chi connectivity index (χ0n) is 57.4. The van der Waals surface area contributed by atoms with Crippen molar-refractivity contribution in [3.8, 4) is 11.1 Å². The highest BCUT2D eigenvalue weighted by atomic mass is 79.9. The molecule has 2 N–H and O–H groups in total. The van der Waals surface area contributed by atoms with Gasteiger partial charge in [-0.05, 0) is 170 Å². The summed E-state index contributed by atoms with van der Waals surface area (Å²) in [5.74, 6) is -1.52. The second-order valence-electron chi connectivity index (χ2n) is 25.6. The van der Waals surface area contributed by atoms with Crippen LogP contribution in [-0.4, -0.2) is 188 Å². The SMILES string of the molecule is C.CC(=O)c1nn(CC(=O)N2C[C@H](F)C[C@H]2C(=O)CCc2cccc(Br)n2)c2ccc(-c3cnc(C)nc3)cc12.CC(C)(C)OC(=O)N1C[C@H](F)C[C@H]1C(=O)CCc1cccc(Br)n1.CC(C)(C)OC(=O)N1C[C@H](F)C[C@H]1C(=O)O.Cl.O=C(CCc1cccc(Br)n1)[C@@H]1C[C@@H](F)CN1.S.S=S.S=S=S. The van der Waals surface area contributed by atoms with Gasteiger partial charge in [-0.25, -0.2) is 56.9 Å². The fraction of sp³-hybridized carbons (Fsp3) is 0.500. The van der Waals surface area contributed by atoms with Crippen LogP contribution in [0.25, 0.3) is 22.0 Å². The Balaban J connectivity index is 0.000000487. The molecule has 4 aliphatic rings. The fourth-order valence-corrected chi connectivity index (χ4v) is 12.1. The number of nitrogens with one attached hydrogen (secondary N) is 1. The summed E-state index contributed by atoms with van der Waals surface area (Å²) < 4.78 is 68.1. The number of rotatable bonds is 17. The minimum absolute atomic E-state index is 0. The molecule has 0 unspecified atom stereocenters. The molecule has 4 fully saturated rings. The van der Waals surface area contributed by atoms with E-state index in [1.54, 1.807) is 79.1 Å². The number of carbonyl (C=O) groups is 8. The molecule has 0 radical (unpaired) electrons. The zero-order chi connectivity index (χ0) is 75.1. The summed E-state index contributed by atoms with van der Waals surface area (Å²) in [6.45, 7) is 13.1. The Morgan fingerprint density at radius 3 is 1.41 bits per heavy atom. The number of hydrogen-bond acceptors (Lipinski definition) is 21. The van der Waals surface area contributed by atoms with Gasteiger partial charge in [-0.15, -0.1) is 12.4 Å². The molecule has 9 heterocycles. The number of benzene rings is 1. The van der Waals surface area contributed by atoms with E-state index in [2.05, 4.69) is 128 Å². The van der Waals surface area contributed by atoms with Crippen molar-refractivity contribution in [1.82, 2.24) is 54.7 Å². The summed E-state index contributed by atoms with van der Waals surface area (Å²) in [7, 11) is 0.917. The molecule has 104 heavy (non-hydrogen) atoms. The second-order valence-corrected chi connectivity index (χ2v) is 29.8. The number of likely N-dealkylation sites (tertiary alicyclic amines) is 3. The number of hydrogen-bond donors (Lipinski definition) is 2. The maximum Gasteiger partial charge on any atom is 0.411 e. The number of Topliss-reactive ketones (excluding diaryl/α,β-unsaturated/α-hetero) is 4. The summed E-state index contributed by atoms with van der Waals surface area (Å²) in [6, 6.07) is 19.0. The van der Waals surface area contributed by atoms with E-state index in [9.17, 15) is 55.9 Å². The molecule has 10 rings (SSSR count). The third-order valence-electron chi connectivity index (χ3n) is 15.5. The Kier molecular flexibility index (Phi) is 40.9. The standard InChI is InChI=1S/C28H26BrFN6O3.C17H22BrFN2O3.C12H14BrFN2O.C10H16FNO4.CH4.ClH.S3.S2.H2S/c1-16(37)28-22-10-18(19-12-31-17(2)32-13-19)6-8-23(22)36(34-28)15-27(39)35-14-20(30)11-24(35)25(38)9-7-21-4-3-5-26(29)33-21;1-17(2,3)24-16(23)21-10-11(19)9-13(21)14(22)8-7-12-5-4-6-15(18)20-12;13-12-3-1-2-9(16-12)4-5-11(17)10-6-8(14)7-15-10;1-10(2,3)16-9(15)12-5-6(11)4-7(12)8(13)14;;;1-3-2;1-2;/h3-6,8,10,12-13,20,24H,7,9,11,14-15H2,1-2H3;4-6,11,13H,7-10H2,1-3H3;1-3,8,10,15H,4-7H2;6-7H,4-5H2,1-3H3,(H,13,14);1H4;1H;;;1H2/t20-,24+;11-,13+;8-,10+;6-,7+;;;;;/m1111...../s1. The van der Waals surface area contributed by atoms with E-state index in [1.165, 1.54) is 21.4 Å². The number of ether oxygens (including phenoxy) is 2. The maximum absolute atomic E-state index is 14.5.